The number of halogens is 1. The Kier molecular flexibility index (Phi) is 4.73. The molecule has 2 aromatic carbocycles. The van der Waals surface area contributed by atoms with Crippen LogP contribution >= 0.6 is 0 Å². The summed E-state index contributed by atoms with van der Waals surface area (Å²) in [4.78, 5) is 5.49. The summed E-state index contributed by atoms with van der Waals surface area (Å²) in [7, 11) is 0. The first-order valence-electron chi connectivity index (χ1n) is 6.97. The van der Waals surface area contributed by atoms with Gasteiger partial charge in [-0.05, 0) is 17.7 Å². The Morgan fingerprint density at radius 2 is 1.62 bits per heavy atom. The van der Waals surface area contributed by atoms with E-state index in [0.29, 0.717) is 6.61 Å². The van der Waals surface area contributed by atoms with Gasteiger partial charge in [-0.15, -0.1) is 0 Å². The van der Waals surface area contributed by atoms with Crippen molar-refractivity contribution < 1.29 is 9.23 Å². The van der Waals surface area contributed by atoms with Gasteiger partial charge in [-0.25, -0.2) is 4.39 Å². The minimum absolute atomic E-state index is 0.186. The van der Waals surface area contributed by atoms with Crippen LogP contribution in [0, 0.1) is 11.2 Å². The maximum atomic E-state index is 13.0. The third-order valence-corrected chi connectivity index (χ3v) is 3.06. The van der Waals surface area contributed by atoms with Gasteiger partial charge in [0.1, 0.15) is 12.4 Å². The summed E-state index contributed by atoms with van der Waals surface area (Å²) in [6, 6.07) is 16.2. The fourth-order valence-electron chi connectivity index (χ4n) is 1.98. The first kappa shape index (κ1) is 15.2. The molecule has 0 aliphatic carbocycles. The highest BCUT2D eigenvalue weighted by Gasteiger charge is 2.21. The molecule has 0 N–H and O–H groups in total. The molecule has 0 unspecified atom stereocenters. The van der Waals surface area contributed by atoms with Crippen LogP contribution in [-0.4, -0.2) is 5.71 Å². The molecular weight excluding hydrogens is 265 g/mol. The fourth-order valence-corrected chi connectivity index (χ4v) is 1.98. The topological polar surface area (TPSA) is 21.6 Å². The van der Waals surface area contributed by atoms with Crippen molar-refractivity contribution in [2.24, 2.45) is 10.6 Å². The van der Waals surface area contributed by atoms with Crippen LogP contribution in [0.15, 0.2) is 59.8 Å². The molecule has 110 valence electrons. The summed E-state index contributed by atoms with van der Waals surface area (Å²) in [6.07, 6.45) is 0. The fraction of sp³-hybridized carbons (Fsp3) is 0.278. The number of benzene rings is 2. The van der Waals surface area contributed by atoms with E-state index in [9.17, 15) is 4.39 Å². The van der Waals surface area contributed by atoms with E-state index in [0.717, 1.165) is 16.8 Å². The van der Waals surface area contributed by atoms with Crippen LogP contribution in [0.1, 0.15) is 31.9 Å². The molecule has 0 atom stereocenters. The predicted octanol–water partition coefficient (Wildman–Crippen LogP) is 4.79. The van der Waals surface area contributed by atoms with Crippen LogP contribution in [0.25, 0.3) is 0 Å². The zero-order chi connectivity index (χ0) is 15.3. The van der Waals surface area contributed by atoms with Crippen molar-refractivity contribution >= 4 is 5.71 Å². The van der Waals surface area contributed by atoms with Crippen LogP contribution in [0.5, 0.6) is 0 Å². The minimum Gasteiger partial charge on any atom is -0.391 e. The smallest absolute Gasteiger partial charge is 0.142 e. The van der Waals surface area contributed by atoms with Crippen LogP contribution in [0.3, 0.4) is 0 Å². The van der Waals surface area contributed by atoms with Crippen molar-refractivity contribution in [2.75, 3.05) is 0 Å². The largest absolute Gasteiger partial charge is 0.391 e. The first-order valence-corrected chi connectivity index (χ1v) is 6.97. The standard InChI is InChI=1S/C18H20FNO/c1-18(2,3)17(15-9-11-16(19)12-10-15)20-21-13-14-7-5-4-6-8-14/h4-12H,13H2,1-3H3/b20-17+. The Morgan fingerprint density at radius 1 is 1.00 bits per heavy atom. The van der Waals surface area contributed by atoms with Crippen LogP contribution in [0.4, 0.5) is 4.39 Å². The maximum absolute atomic E-state index is 13.0. The van der Waals surface area contributed by atoms with E-state index in [2.05, 4.69) is 25.9 Å². The number of rotatable bonds is 4. The Balaban J connectivity index is 2.16. The molecule has 21 heavy (non-hydrogen) atoms. The average Bonchev–Trinajstić information content (AvgIpc) is 2.45. The molecule has 0 saturated heterocycles. The van der Waals surface area contributed by atoms with E-state index in [4.69, 9.17) is 4.84 Å². The van der Waals surface area contributed by atoms with Gasteiger partial charge in [0.25, 0.3) is 0 Å². The predicted molar refractivity (Wildman–Crippen MR) is 83.6 cm³/mol. The van der Waals surface area contributed by atoms with E-state index < -0.39 is 0 Å². The SMILES string of the molecule is CC(C)(C)/C(=N/OCc1ccccc1)c1ccc(F)cc1. The highest BCUT2D eigenvalue weighted by Crippen LogP contribution is 2.22. The quantitative estimate of drug-likeness (QED) is 0.584. The lowest BCUT2D eigenvalue weighted by Gasteiger charge is -2.21. The molecule has 2 nitrogen and oxygen atoms in total. The number of hydrogen-bond donors (Lipinski definition) is 0. The molecule has 2 rings (SSSR count). The van der Waals surface area contributed by atoms with Crippen molar-refractivity contribution in [3.05, 3.63) is 71.5 Å². The van der Waals surface area contributed by atoms with Crippen molar-refractivity contribution in [1.82, 2.24) is 0 Å². The molecule has 0 aliphatic heterocycles. The van der Waals surface area contributed by atoms with Crippen LogP contribution in [0.2, 0.25) is 0 Å². The summed E-state index contributed by atoms with van der Waals surface area (Å²) >= 11 is 0. The minimum atomic E-state index is -0.253. The third kappa shape index (κ3) is 4.42. The highest BCUT2D eigenvalue weighted by atomic mass is 19.1. The van der Waals surface area contributed by atoms with Gasteiger partial charge in [0.05, 0.1) is 5.71 Å². The number of hydrogen-bond acceptors (Lipinski definition) is 2. The molecule has 0 amide bonds. The molecule has 2 aromatic rings. The van der Waals surface area contributed by atoms with Gasteiger partial charge in [0.15, 0.2) is 0 Å². The number of oxime groups is 1. The zero-order valence-corrected chi connectivity index (χ0v) is 12.6. The Hall–Kier alpha value is -2.16. The summed E-state index contributed by atoms with van der Waals surface area (Å²) in [5.41, 5.74) is 2.55. The first-order chi connectivity index (χ1) is 9.97. The molecule has 3 heteroatoms. The lowest BCUT2D eigenvalue weighted by atomic mass is 9.86. The second-order valence-corrected chi connectivity index (χ2v) is 5.96. The number of nitrogens with zero attached hydrogens (tertiary/aromatic N) is 1. The summed E-state index contributed by atoms with van der Waals surface area (Å²) in [6.45, 7) is 6.59. The van der Waals surface area contributed by atoms with E-state index in [-0.39, 0.29) is 11.2 Å². The lowest BCUT2D eigenvalue weighted by Crippen LogP contribution is -2.22. The maximum Gasteiger partial charge on any atom is 0.142 e. The molecule has 0 fully saturated rings. The molecule has 0 bridgehead atoms. The normalized spacial score (nSPS) is 12.3. The monoisotopic (exact) mass is 285 g/mol. The Morgan fingerprint density at radius 3 is 2.19 bits per heavy atom. The van der Waals surface area contributed by atoms with Gasteiger partial charge in [-0.2, -0.15) is 0 Å². The van der Waals surface area contributed by atoms with Gasteiger partial charge in [0, 0.05) is 11.0 Å². The Labute approximate surface area is 125 Å². The van der Waals surface area contributed by atoms with Gasteiger partial charge >= 0.3 is 0 Å². The van der Waals surface area contributed by atoms with Crippen molar-refractivity contribution in [2.45, 2.75) is 27.4 Å². The van der Waals surface area contributed by atoms with Crippen molar-refractivity contribution in [1.29, 1.82) is 0 Å². The highest BCUT2D eigenvalue weighted by molar-refractivity contribution is 6.03. The van der Waals surface area contributed by atoms with Crippen LogP contribution in [-0.2, 0) is 11.4 Å². The third-order valence-electron chi connectivity index (χ3n) is 3.06. The molecule has 0 saturated carbocycles. The lowest BCUT2D eigenvalue weighted by molar-refractivity contribution is 0.128. The van der Waals surface area contributed by atoms with Gasteiger partial charge in [-0.3, -0.25) is 0 Å². The van der Waals surface area contributed by atoms with E-state index >= 15 is 0 Å². The van der Waals surface area contributed by atoms with Crippen molar-refractivity contribution in [3.8, 4) is 0 Å². The summed E-state index contributed by atoms with van der Waals surface area (Å²) < 4.78 is 13.0. The molecule has 0 heterocycles. The second kappa shape index (κ2) is 6.53. The van der Waals surface area contributed by atoms with Crippen LogP contribution < -0.4 is 0 Å². The summed E-state index contributed by atoms with van der Waals surface area (Å²) in [5, 5.41) is 4.28. The van der Waals surface area contributed by atoms with E-state index in [1.54, 1.807) is 12.1 Å². The molecular formula is C18H20FNO. The average molecular weight is 285 g/mol. The van der Waals surface area contributed by atoms with E-state index in [1.807, 2.05) is 30.3 Å². The molecule has 0 spiro atoms. The Bertz CT molecular complexity index is 597. The molecule has 0 radical (unpaired) electrons. The summed E-state index contributed by atoms with van der Waals surface area (Å²) in [5.74, 6) is -0.253. The van der Waals surface area contributed by atoms with E-state index in [1.165, 1.54) is 12.1 Å². The molecule has 0 aliphatic rings. The van der Waals surface area contributed by atoms with Gasteiger partial charge < -0.3 is 4.84 Å². The van der Waals surface area contributed by atoms with Crippen molar-refractivity contribution in [3.63, 3.8) is 0 Å². The van der Waals surface area contributed by atoms with Gasteiger partial charge in [0.2, 0.25) is 0 Å². The second-order valence-electron chi connectivity index (χ2n) is 5.96. The zero-order valence-electron chi connectivity index (χ0n) is 12.6. The van der Waals surface area contributed by atoms with Gasteiger partial charge in [-0.1, -0.05) is 68.4 Å². The molecule has 0 aromatic heterocycles.